The molecule has 0 saturated carbocycles. The molecule has 1 unspecified atom stereocenters. The Hall–Kier alpha value is -2.04. The lowest BCUT2D eigenvalue weighted by atomic mass is 10.2. The number of nitrogens with one attached hydrogen (secondary N) is 1. The van der Waals surface area contributed by atoms with Crippen molar-refractivity contribution in [3.63, 3.8) is 0 Å². The van der Waals surface area contributed by atoms with Gasteiger partial charge in [-0.1, -0.05) is 5.92 Å². The van der Waals surface area contributed by atoms with Gasteiger partial charge in [-0.15, -0.1) is 6.42 Å². The van der Waals surface area contributed by atoms with E-state index in [0.29, 0.717) is 0 Å². The summed E-state index contributed by atoms with van der Waals surface area (Å²) in [6, 6.07) is 3.12. The Labute approximate surface area is 112 Å². The van der Waals surface area contributed by atoms with E-state index in [9.17, 15) is 13.2 Å². The quantitative estimate of drug-likeness (QED) is 0.472. The highest BCUT2D eigenvalue weighted by Gasteiger charge is 2.20. The molecule has 19 heavy (non-hydrogen) atoms. The van der Waals surface area contributed by atoms with Crippen molar-refractivity contribution in [3.05, 3.63) is 23.8 Å². The maximum absolute atomic E-state index is 12.0. The van der Waals surface area contributed by atoms with Crippen LogP contribution >= 0.6 is 0 Å². The summed E-state index contributed by atoms with van der Waals surface area (Å²) in [5, 5.41) is 0. The number of nitrogen functional groups attached to an aromatic ring is 1. The smallest absolute Gasteiger partial charge is 0.337 e. The number of rotatable bonds is 4. The van der Waals surface area contributed by atoms with Crippen molar-refractivity contribution in [1.82, 2.24) is 4.72 Å². The number of methoxy groups -OCH3 is 1. The molecule has 0 bridgehead atoms. The third-order valence-corrected chi connectivity index (χ3v) is 3.92. The molecule has 0 fully saturated rings. The minimum atomic E-state index is -3.82. The molecule has 7 heteroatoms. The van der Waals surface area contributed by atoms with Gasteiger partial charge in [-0.05, 0) is 25.1 Å². The van der Waals surface area contributed by atoms with Crippen LogP contribution < -0.4 is 10.5 Å². The lowest BCUT2D eigenvalue weighted by Gasteiger charge is -2.11. The Balaban J connectivity index is 3.17. The Morgan fingerprint density at radius 1 is 1.53 bits per heavy atom. The lowest BCUT2D eigenvalue weighted by molar-refractivity contribution is 0.0600. The third kappa shape index (κ3) is 3.47. The highest BCUT2D eigenvalue weighted by molar-refractivity contribution is 7.89. The Kier molecular flexibility index (Phi) is 4.53. The average molecular weight is 282 g/mol. The van der Waals surface area contributed by atoms with E-state index < -0.39 is 22.0 Å². The Bertz CT molecular complexity index is 632. The number of hydrogen-bond acceptors (Lipinski definition) is 5. The molecule has 6 nitrogen and oxygen atoms in total. The first-order valence-electron chi connectivity index (χ1n) is 5.28. The van der Waals surface area contributed by atoms with Crippen LogP contribution in [0.4, 0.5) is 5.69 Å². The molecule has 0 aliphatic heterocycles. The van der Waals surface area contributed by atoms with Crippen molar-refractivity contribution < 1.29 is 17.9 Å². The van der Waals surface area contributed by atoms with E-state index in [1.54, 1.807) is 0 Å². The van der Waals surface area contributed by atoms with Gasteiger partial charge in [0.05, 0.1) is 24.4 Å². The molecule has 1 aromatic rings. The summed E-state index contributed by atoms with van der Waals surface area (Å²) in [5.41, 5.74) is 5.75. The van der Waals surface area contributed by atoms with E-state index in [1.807, 2.05) is 0 Å². The summed E-state index contributed by atoms with van der Waals surface area (Å²) in [6.45, 7) is 1.52. The van der Waals surface area contributed by atoms with Crippen LogP contribution in [0, 0.1) is 12.3 Å². The molecule has 1 rings (SSSR count). The van der Waals surface area contributed by atoms with Gasteiger partial charge in [0.1, 0.15) is 4.90 Å². The van der Waals surface area contributed by atoms with Crippen molar-refractivity contribution in [2.24, 2.45) is 0 Å². The van der Waals surface area contributed by atoms with E-state index in [0.717, 1.165) is 0 Å². The molecule has 0 amide bonds. The number of carbonyl (C=O) groups is 1. The Morgan fingerprint density at radius 3 is 2.63 bits per heavy atom. The molecular weight excluding hydrogens is 268 g/mol. The molecule has 1 aromatic carbocycles. The van der Waals surface area contributed by atoms with Gasteiger partial charge in [0, 0.05) is 0 Å². The normalized spacial score (nSPS) is 12.5. The third-order valence-electron chi connectivity index (χ3n) is 2.30. The largest absolute Gasteiger partial charge is 0.465 e. The van der Waals surface area contributed by atoms with E-state index in [2.05, 4.69) is 15.4 Å². The van der Waals surface area contributed by atoms with Gasteiger partial charge >= 0.3 is 5.97 Å². The molecule has 1 atom stereocenters. The predicted molar refractivity (Wildman–Crippen MR) is 70.8 cm³/mol. The van der Waals surface area contributed by atoms with Crippen molar-refractivity contribution in [3.8, 4) is 12.3 Å². The van der Waals surface area contributed by atoms with E-state index in [4.69, 9.17) is 12.2 Å². The fourth-order valence-electron chi connectivity index (χ4n) is 1.37. The van der Waals surface area contributed by atoms with Crippen molar-refractivity contribution in [2.45, 2.75) is 17.9 Å². The highest BCUT2D eigenvalue weighted by atomic mass is 32.2. The van der Waals surface area contributed by atoms with Crippen LogP contribution in [0.2, 0.25) is 0 Å². The van der Waals surface area contributed by atoms with Crippen LogP contribution in [-0.4, -0.2) is 27.5 Å². The van der Waals surface area contributed by atoms with Gasteiger partial charge in [-0.2, -0.15) is 4.72 Å². The number of ether oxygens (including phenoxy) is 1. The summed E-state index contributed by atoms with van der Waals surface area (Å²) >= 11 is 0. The van der Waals surface area contributed by atoms with E-state index >= 15 is 0 Å². The molecule has 0 aliphatic carbocycles. The summed E-state index contributed by atoms with van der Waals surface area (Å²) in [4.78, 5) is 11.1. The summed E-state index contributed by atoms with van der Waals surface area (Å²) < 4.78 is 30.7. The lowest BCUT2D eigenvalue weighted by Crippen LogP contribution is -2.31. The van der Waals surface area contributed by atoms with Crippen LogP contribution in [0.25, 0.3) is 0 Å². The van der Waals surface area contributed by atoms with Gasteiger partial charge in [-0.3, -0.25) is 0 Å². The number of sulfonamides is 1. The molecule has 0 aliphatic rings. The summed E-state index contributed by atoms with van der Waals surface area (Å²) in [6.07, 6.45) is 5.11. The average Bonchev–Trinajstić information content (AvgIpc) is 2.36. The number of carbonyl (C=O) groups excluding carboxylic acids is 1. The second-order valence-corrected chi connectivity index (χ2v) is 5.44. The van der Waals surface area contributed by atoms with Crippen LogP contribution in [0.1, 0.15) is 17.3 Å². The van der Waals surface area contributed by atoms with Gasteiger partial charge < -0.3 is 10.5 Å². The number of esters is 1. The first-order chi connectivity index (χ1) is 8.81. The fourth-order valence-corrected chi connectivity index (χ4v) is 2.65. The first-order valence-corrected chi connectivity index (χ1v) is 6.76. The molecule has 0 radical (unpaired) electrons. The highest BCUT2D eigenvalue weighted by Crippen LogP contribution is 2.20. The van der Waals surface area contributed by atoms with Crippen LogP contribution in [0.3, 0.4) is 0 Å². The number of nitrogens with two attached hydrogens (primary N) is 1. The zero-order valence-corrected chi connectivity index (χ0v) is 11.3. The monoisotopic (exact) mass is 282 g/mol. The zero-order chi connectivity index (χ0) is 14.6. The van der Waals surface area contributed by atoms with Crippen molar-refractivity contribution >= 4 is 21.7 Å². The number of benzene rings is 1. The minimum Gasteiger partial charge on any atom is -0.465 e. The van der Waals surface area contributed by atoms with E-state index in [-0.39, 0.29) is 16.1 Å². The van der Waals surface area contributed by atoms with Crippen LogP contribution in [0.15, 0.2) is 23.1 Å². The number of hydrogen-bond donors (Lipinski definition) is 2. The van der Waals surface area contributed by atoms with Gasteiger partial charge in [-0.25, -0.2) is 13.2 Å². The maximum atomic E-state index is 12.0. The first kappa shape index (κ1) is 15.0. The molecule has 3 N–H and O–H groups in total. The summed E-state index contributed by atoms with van der Waals surface area (Å²) in [7, 11) is -2.60. The molecule has 0 spiro atoms. The standard InChI is InChI=1S/C12H14N2O4S/c1-4-8(2)14-19(16,17)11-6-5-9(7-10(11)13)12(15)18-3/h1,5-8,14H,13H2,2-3H3. The zero-order valence-electron chi connectivity index (χ0n) is 10.5. The van der Waals surface area contributed by atoms with E-state index in [1.165, 1.54) is 32.2 Å². The second-order valence-electron chi connectivity index (χ2n) is 3.75. The van der Waals surface area contributed by atoms with Crippen LogP contribution in [-0.2, 0) is 14.8 Å². The number of anilines is 1. The predicted octanol–water partition coefficient (Wildman–Crippen LogP) is 0.355. The SMILES string of the molecule is C#CC(C)NS(=O)(=O)c1ccc(C(=O)OC)cc1N. The molecule has 0 heterocycles. The van der Waals surface area contributed by atoms with Gasteiger partial charge in [0.2, 0.25) is 10.0 Å². The molecule has 0 aromatic heterocycles. The molecular formula is C12H14N2O4S. The molecule has 0 saturated heterocycles. The second kappa shape index (κ2) is 5.73. The van der Waals surface area contributed by atoms with Crippen molar-refractivity contribution in [1.29, 1.82) is 0 Å². The maximum Gasteiger partial charge on any atom is 0.337 e. The molecule has 102 valence electrons. The van der Waals surface area contributed by atoms with Crippen LogP contribution in [0.5, 0.6) is 0 Å². The topological polar surface area (TPSA) is 98.5 Å². The van der Waals surface area contributed by atoms with Crippen molar-refractivity contribution in [2.75, 3.05) is 12.8 Å². The van der Waals surface area contributed by atoms with Gasteiger partial charge in [0.25, 0.3) is 0 Å². The minimum absolute atomic E-state index is 0.0559. The fraction of sp³-hybridized carbons (Fsp3) is 0.250. The summed E-state index contributed by atoms with van der Waals surface area (Å²) in [5.74, 6) is 1.65. The van der Waals surface area contributed by atoms with Gasteiger partial charge in [0.15, 0.2) is 0 Å². The Morgan fingerprint density at radius 2 is 2.16 bits per heavy atom. The number of terminal acetylenes is 1.